The molecule has 0 heterocycles. The van der Waals surface area contributed by atoms with Crippen molar-refractivity contribution in [3.8, 4) is 5.75 Å². The maximum Gasteiger partial charge on any atom is 0.117 e. The van der Waals surface area contributed by atoms with Crippen LogP contribution in [0.3, 0.4) is 0 Å². The molecule has 11 heavy (non-hydrogen) atoms. The first-order valence-corrected chi connectivity index (χ1v) is 3.45. The molecule has 0 aromatic heterocycles. The van der Waals surface area contributed by atoms with E-state index in [-0.39, 0.29) is 5.75 Å². The molecule has 0 spiro atoms. The van der Waals surface area contributed by atoms with Gasteiger partial charge in [-0.3, -0.25) is 0 Å². The van der Waals surface area contributed by atoms with Gasteiger partial charge in [-0.2, -0.15) is 0 Å². The van der Waals surface area contributed by atoms with Crippen LogP contribution in [0.1, 0.15) is 12.5 Å². The Morgan fingerprint density at radius 3 is 2.73 bits per heavy atom. The van der Waals surface area contributed by atoms with Crippen molar-refractivity contribution in [1.29, 1.82) is 0 Å². The van der Waals surface area contributed by atoms with Gasteiger partial charge in [0.2, 0.25) is 0 Å². The number of anilines is 1. The van der Waals surface area contributed by atoms with E-state index in [4.69, 9.17) is 10.8 Å². The highest BCUT2D eigenvalue weighted by atomic mass is 16.3. The quantitative estimate of drug-likeness (QED) is 0.600. The lowest BCUT2D eigenvalue weighted by Crippen LogP contribution is -1.87. The van der Waals surface area contributed by atoms with E-state index in [1.165, 1.54) is 6.07 Å². The van der Waals surface area contributed by atoms with Crippen LogP contribution >= 0.6 is 0 Å². The number of nitrogens with two attached hydrogens (primary N) is 1. The van der Waals surface area contributed by atoms with Gasteiger partial charge in [-0.1, -0.05) is 12.2 Å². The molecular weight excluding hydrogens is 138 g/mol. The zero-order chi connectivity index (χ0) is 8.27. The normalized spacial score (nSPS) is 10.6. The number of allylic oxidation sites excluding steroid dienone is 1. The summed E-state index contributed by atoms with van der Waals surface area (Å²) in [6.45, 7) is 1.92. The molecule has 0 unspecified atom stereocenters. The molecule has 3 N–H and O–H groups in total. The van der Waals surface area contributed by atoms with E-state index in [2.05, 4.69) is 0 Å². The van der Waals surface area contributed by atoms with E-state index in [9.17, 15) is 0 Å². The van der Waals surface area contributed by atoms with Crippen LogP contribution in [0.5, 0.6) is 5.75 Å². The predicted octanol–water partition coefficient (Wildman–Crippen LogP) is 2.01. The van der Waals surface area contributed by atoms with Crippen LogP contribution in [-0.2, 0) is 0 Å². The topological polar surface area (TPSA) is 46.2 Å². The highest BCUT2D eigenvalue weighted by molar-refractivity contribution is 5.65. The lowest BCUT2D eigenvalue weighted by molar-refractivity contribution is 0.475. The molecule has 2 nitrogen and oxygen atoms in total. The highest BCUT2D eigenvalue weighted by Crippen LogP contribution is 2.19. The van der Waals surface area contributed by atoms with Gasteiger partial charge in [0.1, 0.15) is 5.75 Å². The second-order valence-corrected chi connectivity index (χ2v) is 2.31. The van der Waals surface area contributed by atoms with Crippen LogP contribution in [0.15, 0.2) is 24.3 Å². The number of hydrogen-bond donors (Lipinski definition) is 2. The second kappa shape index (κ2) is 3.10. The standard InChI is InChI=1S/C9H11NO/c1-2-3-7-4-5-8(11)6-9(7)10/h2-6,11H,10H2,1H3. The number of rotatable bonds is 1. The summed E-state index contributed by atoms with van der Waals surface area (Å²) in [5.74, 6) is 0.204. The van der Waals surface area contributed by atoms with E-state index in [1.807, 2.05) is 19.1 Å². The SMILES string of the molecule is CC=Cc1ccc(O)cc1N. The third-order valence-electron chi connectivity index (χ3n) is 1.42. The number of nitrogen functional groups attached to an aromatic ring is 1. The fourth-order valence-corrected chi connectivity index (χ4v) is 0.893. The molecule has 1 rings (SSSR count). The van der Waals surface area contributed by atoms with Crippen LogP contribution in [0.2, 0.25) is 0 Å². The van der Waals surface area contributed by atoms with E-state index in [0.29, 0.717) is 5.69 Å². The van der Waals surface area contributed by atoms with Crippen molar-refractivity contribution in [1.82, 2.24) is 0 Å². The largest absolute Gasteiger partial charge is 0.508 e. The Hall–Kier alpha value is -1.44. The molecule has 0 amide bonds. The monoisotopic (exact) mass is 149 g/mol. The molecule has 0 atom stereocenters. The second-order valence-electron chi connectivity index (χ2n) is 2.31. The average Bonchev–Trinajstić information content (AvgIpc) is 1.95. The molecule has 1 aromatic rings. The molecule has 58 valence electrons. The van der Waals surface area contributed by atoms with Crippen molar-refractivity contribution in [3.05, 3.63) is 29.8 Å². The summed E-state index contributed by atoms with van der Waals surface area (Å²) in [6.07, 6.45) is 3.80. The van der Waals surface area contributed by atoms with E-state index >= 15 is 0 Å². The fourth-order valence-electron chi connectivity index (χ4n) is 0.893. The maximum absolute atomic E-state index is 9.00. The highest BCUT2D eigenvalue weighted by Gasteiger charge is 1.94. The molecule has 0 aliphatic heterocycles. The van der Waals surface area contributed by atoms with Gasteiger partial charge in [0.25, 0.3) is 0 Å². The van der Waals surface area contributed by atoms with Crippen LogP contribution in [0, 0.1) is 0 Å². The van der Waals surface area contributed by atoms with Gasteiger partial charge in [0.05, 0.1) is 0 Å². The lowest BCUT2D eigenvalue weighted by atomic mass is 10.1. The van der Waals surface area contributed by atoms with E-state index < -0.39 is 0 Å². The van der Waals surface area contributed by atoms with Gasteiger partial charge in [0.15, 0.2) is 0 Å². The van der Waals surface area contributed by atoms with Crippen LogP contribution in [0.25, 0.3) is 6.08 Å². The van der Waals surface area contributed by atoms with Gasteiger partial charge in [-0.05, 0) is 24.6 Å². The zero-order valence-electron chi connectivity index (χ0n) is 6.41. The predicted molar refractivity (Wildman–Crippen MR) is 47.2 cm³/mol. The summed E-state index contributed by atoms with van der Waals surface area (Å²) in [7, 11) is 0. The third-order valence-corrected chi connectivity index (χ3v) is 1.42. The molecule has 0 saturated carbocycles. The van der Waals surface area contributed by atoms with Crippen molar-refractivity contribution in [2.45, 2.75) is 6.92 Å². The Bertz CT molecular complexity index is 279. The van der Waals surface area contributed by atoms with Gasteiger partial charge >= 0.3 is 0 Å². The number of benzene rings is 1. The Morgan fingerprint density at radius 2 is 2.18 bits per heavy atom. The average molecular weight is 149 g/mol. The minimum Gasteiger partial charge on any atom is -0.508 e. The first-order chi connectivity index (χ1) is 5.24. The number of phenolic OH excluding ortho intramolecular Hbond substituents is 1. The summed E-state index contributed by atoms with van der Waals surface area (Å²) in [6, 6.07) is 4.94. The van der Waals surface area contributed by atoms with Crippen molar-refractivity contribution < 1.29 is 5.11 Å². The number of hydrogen-bond acceptors (Lipinski definition) is 2. The van der Waals surface area contributed by atoms with E-state index in [0.717, 1.165) is 5.56 Å². The number of phenols is 1. The summed E-state index contributed by atoms with van der Waals surface area (Å²) >= 11 is 0. The summed E-state index contributed by atoms with van der Waals surface area (Å²) in [5.41, 5.74) is 7.13. The van der Waals surface area contributed by atoms with Crippen LogP contribution < -0.4 is 5.73 Å². The summed E-state index contributed by atoms with van der Waals surface area (Å²) in [4.78, 5) is 0. The first-order valence-electron chi connectivity index (χ1n) is 3.45. The summed E-state index contributed by atoms with van der Waals surface area (Å²) < 4.78 is 0. The van der Waals surface area contributed by atoms with E-state index in [1.54, 1.807) is 12.1 Å². The van der Waals surface area contributed by atoms with Crippen LogP contribution in [0.4, 0.5) is 5.69 Å². The molecule has 0 radical (unpaired) electrons. The molecule has 2 heteroatoms. The number of aromatic hydroxyl groups is 1. The minimum atomic E-state index is 0.204. The van der Waals surface area contributed by atoms with Gasteiger partial charge in [0, 0.05) is 11.8 Å². The van der Waals surface area contributed by atoms with Gasteiger partial charge in [-0.15, -0.1) is 0 Å². The summed E-state index contributed by atoms with van der Waals surface area (Å²) in [5, 5.41) is 9.00. The minimum absolute atomic E-state index is 0.204. The van der Waals surface area contributed by atoms with Crippen molar-refractivity contribution >= 4 is 11.8 Å². The van der Waals surface area contributed by atoms with Crippen molar-refractivity contribution in [2.75, 3.05) is 5.73 Å². The molecule has 0 bridgehead atoms. The Morgan fingerprint density at radius 1 is 1.45 bits per heavy atom. The molecule has 0 aliphatic rings. The Balaban J connectivity index is 3.09. The van der Waals surface area contributed by atoms with Gasteiger partial charge < -0.3 is 10.8 Å². The van der Waals surface area contributed by atoms with Crippen LogP contribution in [-0.4, -0.2) is 5.11 Å². The molecule has 0 aliphatic carbocycles. The lowest BCUT2D eigenvalue weighted by Gasteiger charge is -1.99. The Kier molecular flexibility index (Phi) is 2.16. The van der Waals surface area contributed by atoms with Crippen molar-refractivity contribution in [2.24, 2.45) is 0 Å². The Labute approximate surface area is 66.0 Å². The maximum atomic E-state index is 9.00. The first kappa shape index (κ1) is 7.66. The van der Waals surface area contributed by atoms with Gasteiger partial charge in [-0.25, -0.2) is 0 Å². The fraction of sp³-hybridized carbons (Fsp3) is 0.111. The molecule has 1 aromatic carbocycles. The smallest absolute Gasteiger partial charge is 0.117 e. The molecular formula is C9H11NO. The van der Waals surface area contributed by atoms with Crippen molar-refractivity contribution in [3.63, 3.8) is 0 Å². The zero-order valence-corrected chi connectivity index (χ0v) is 6.41. The molecule has 0 fully saturated rings. The molecule has 0 saturated heterocycles. The third kappa shape index (κ3) is 1.74.